The number of aromatic amines is 1. The van der Waals surface area contributed by atoms with Crippen molar-refractivity contribution < 1.29 is 4.79 Å². The summed E-state index contributed by atoms with van der Waals surface area (Å²) in [6.45, 7) is 1.92. The van der Waals surface area contributed by atoms with E-state index < -0.39 is 0 Å². The molecular formula is C21H19BrN2O2. The van der Waals surface area contributed by atoms with Gasteiger partial charge < -0.3 is 10.3 Å². The minimum absolute atomic E-state index is 0.0862. The molecule has 0 radical (unpaired) electrons. The first-order chi connectivity index (χ1) is 12.5. The smallest absolute Gasteiger partial charge is 0.261 e. The minimum Gasteiger partial charge on any atom is -0.349 e. The summed E-state index contributed by atoms with van der Waals surface area (Å²) in [5, 5.41) is 2.89. The van der Waals surface area contributed by atoms with Crippen molar-refractivity contribution in [2.45, 2.75) is 19.4 Å². The van der Waals surface area contributed by atoms with Crippen molar-refractivity contribution in [3.63, 3.8) is 0 Å². The molecule has 132 valence electrons. The van der Waals surface area contributed by atoms with Crippen molar-refractivity contribution >= 4 is 21.8 Å². The SMILES string of the molecule is CC(Cc1ccc(Br)cc1)NC(=O)c1ccc(-c2ccccc2)[nH]c1=O. The summed E-state index contributed by atoms with van der Waals surface area (Å²) in [5.41, 5.74) is 2.44. The third kappa shape index (κ3) is 4.49. The molecular weight excluding hydrogens is 392 g/mol. The highest BCUT2D eigenvalue weighted by molar-refractivity contribution is 9.10. The fourth-order valence-corrected chi connectivity index (χ4v) is 3.03. The normalized spacial score (nSPS) is 11.8. The topological polar surface area (TPSA) is 62.0 Å². The Balaban J connectivity index is 1.69. The molecule has 0 saturated heterocycles. The Kier molecular flexibility index (Phi) is 5.68. The van der Waals surface area contributed by atoms with Crippen molar-refractivity contribution in [1.82, 2.24) is 10.3 Å². The number of aromatic nitrogens is 1. The van der Waals surface area contributed by atoms with E-state index in [1.54, 1.807) is 12.1 Å². The maximum absolute atomic E-state index is 12.4. The van der Waals surface area contributed by atoms with E-state index in [4.69, 9.17) is 0 Å². The fraction of sp³-hybridized carbons (Fsp3) is 0.143. The molecule has 1 aromatic heterocycles. The molecule has 5 heteroatoms. The van der Waals surface area contributed by atoms with Crippen LogP contribution >= 0.6 is 15.9 Å². The largest absolute Gasteiger partial charge is 0.349 e. The van der Waals surface area contributed by atoms with E-state index in [2.05, 4.69) is 26.2 Å². The second kappa shape index (κ2) is 8.15. The van der Waals surface area contributed by atoms with Gasteiger partial charge in [-0.25, -0.2) is 0 Å². The van der Waals surface area contributed by atoms with Crippen LogP contribution in [0.2, 0.25) is 0 Å². The minimum atomic E-state index is -0.389. The second-order valence-electron chi connectivity index (χ2n) is 6.19. The lowest BCUT2D eigenvalue weighted by Gasteiger charge is -2.14. The number of carbonyl (C=O) groups is 1. The van der Waals surface area contributed by atoms with Gasteiger partial charge >= 0.3 is 0 Å². The van der Waals surface area contributed by atoms with Crippen molar-refractivity contribution in [3.8, 4) is 11.3 Å². The van der Waals surface area contributed by atoms with E-state index in [1.807, 2.05) is 61.5 Å². The number of pyridine rings is 1. The fourth-order valence-electron chi connectivity index (χ4n) is 2.77. The molecule has 3 rings (SSSR count). The maximum Gasteiger partial charge on any atom is 0.261 e. The number of rotatable bonds is 5. The van der Waals surface area contributed by atoms with Crippen LogP contribution in [-0.2, 0) is 6.42 Å². The number of H-pyrrole nitrogens is 1. The van der Waals surface area contributed by atoms with Gasteiger partial charge in [-0.3, -0.25) is 9.59 Å². The van der Waals surface area contributed by atoms with Gasteiger partial charge in [0, 0.05) is 16.2 Å². The van der Waals surface area contributed by atoms with Gasteiger partial charge in [-0.2, -0.15) is 0 Å². The van der Waals surface area contributed by atoms with Crippen molar-refractivity contribution in [2.24, 2.45) is 0 Å². The molecule has 0 spiro atoms. The highest BCUT2D eigenvalue weighted by Crippen LogP contribution is 2.15. The highest BCUT2D eigenvalue weighted by atomic mass is 79.9. The van der Waals surface area contributed by atoms with Gasteiger partial charge in [0.25, 0.3) is 11.5 Å². The van der Waals surface area contributed by atoms with Crippen LogP contribution in [0.15, 0.2) is 76.0 Å². The summed E-state index contributed by atoms with van der Waals surface area (Å²) in [7, 11) is 0. The molecule has 0 saturated carbocycles. The molecule has 2 N–H and O–H groups in total. The molecule has 0 aliphatic carbocycles. The maximum atomic E-state index is 12.4. The lowest BCUT2D eigenvalue weighted by atomic mass is 10.1. The van der Waals surface area contributed by atoms with E-state index in [0.29, 0.717) is 12.1 Å². The predicted octanol–water partition coefficient (Wildman–Crippen LogP) is 4.17. The monoisotopic (exact) mass is 410 g/mol. The van der Waals surface area contributed by atoms with Gasteiger partial charge in [0.15, 0.2) is 0 Å². The van der Waals surface area contributed by atoms with E-state index in [1.165, 1.54) is 0 Å². The molecule has 0 bridgehead atoms. The molecule has 0 aliphatic heterocycles. The number of hydrogen-bond acceptors (Lipinski definition) is 2. The van der Waals surface area contributed by atoms with Crippen molar-refractivity contribution in [2.75, 3.05) is 0 Å². The lowest BCUT2D eigenvalue weighted by molar-refractivity contribution is 0.0938. The van der Waals surface area contributed by atoms with Gasteiger partial charge in [-0.15, -0.1) is 0 Å². The average molecular weight is 411 g/mol. The zero-order valence-electron chi connectivity index (χ0n) is 14.3. The van der Waals surface area contributed by atoms with Gasteiger partial charge in [-0.05, 0) is 48.7 Å². The highest BCUT2D eigenvalue weighted by Gasteiger charge is 2.14. The molecule has 4 nitrogen and oxygen atoms in total. The number of hydrogen-bond donors (Lipinski definition) is 2. The third-order valence-electron chi connectivity index (χ3n) is 4.07. The van der Waals surface area contributed by atoms with Crippen LogP contribution < -0.4 is 10.9 Å². The standard InChI is InChI=1S/C21H19BrN2O2/c1-14(13-15-7-9-17(22)10-8-15)23-20(25)18-11-12-19(24-21(18)26)16-5-3-2-4-6-16/h2-12,14H,13H2,1H3,(H,23,25)(H,24,26). The van der Waals surface area contributed by atoms with Crippen LogP contribution in [0.5, 0.6) is 0 Å². The molecule has 2 aromatic carbocycles. The predicted molar refractivity (Wildman–Crippen MR) is 107 cm³/mol. The number of benzene rings is 2. The van der Waals surface area contributed by atoms with E-state index >= 15 is 0 Å². The van der Waals surface area contributed by atoms with Crippen LogP contribution in [-0.4, -0.2) is 16.9 Å². The Morgan fingerprint density at radius 2 is 1.73 bits per heavy atom. The molecule has 1 amide bonds. The summed E-state index contributed by atoms with van der Waals surface area (Å²) in [6.07, 6.45) is 0.693. The van der Waals surface area contributed by atoms with Gasteiger partial charge in [0.05, 0.1) is 0 Å². The number of nitrogens with one attached hydrogen (secondary N) is 2. The Hall–Kier alpha value is -2.66. The summed E-state index contributed by atoms with van der Waals surface area (Å²) < 4.78 is 1.02. The zero-order valence-corrected chi connectivity index (χ0v) is 15.9. The molecule has 3 aromatic rings. The Bertz CT molecular complexity index is 950. The number of carbonyl (C=O) groups excluding carboxylic acids is 1. The van der Waals surface area contributed by atoms with E-state index in [0.717, 1.165) is 15.6 Å². The molecule has 0 fully saturated rings. The Morgan fingerprint density at radius 1 is 1.04 bits per heavy atom. The van der Waals surface area contributed by atoms with Crippen LogP contribution in [0.4, 0.5) is 0 Å². The Labute approximate surface area is 160 Å². The molecule has 0 aliphatic rings. The Morgan fingerprint density at radius 3 is 2.38 bits per heavy atom. The first-order valence-corrected chi connectivity index (χ1v) is 9.16. The lowest BCUT2D eigenvalue weighted by Crippen LogP contribution is -2.37. The molecule has 26 heavy (non-hydrogen) atoms. The van der Waals surface area contributed by atoms with Gasteiger partial charge in [0.1, 0.15) is 5.56 Å². The quantitative estimate of drug-likeness (QED) is 0.662. The summed E-state index contributed by atoms with van der Waals surface area (Å²) >= 11 is 3.41. The van der Waals surface area contributed by atoms with E-state index in [9.17, 15) is 9.59 Å². The molecule has 1 atom stereocenters. The summed E-state index contributed by atoms with van der Waals surface area (Å²) in [5.74, 6) is -0.365. The average Bonchev–Trinajstić information content (AvgIpc) is 2.64. The van der Waals surface area contributed by atoms with Crippen molar-refractivity contribution in [3.05, 3.63) is 92.7 Å². The van der Waals surface area contributed by atoms with E-state index in [-0.39, 0.29) is 23.1 Å². The first kappa shape index (κ1) is 18.1. The van der Waals surface area contributed by atoms with Crippen LogP contribution in [0.3, 0.4) is 0 Å². The molecule has 1 heterocycles. The van der Waals surface area contributed by atoms with Gasteiger partial charge in [-0.1, -0.05) is 58.4 Å². The van der Waals surface area contributed by atoms with Crippen LogP contribution in [0.1, 0.15) is 22.8 Å². The third-order valence-corrected chi connectivity index (χ3v) is 4.60. The van der Waals surface area contributed by atoms with Crippen molar-refractivity contribution in [1.29, 1.82) is 0 Å². The second-order valence-corrected chi connectivity index (χ2v) is 7.10. The molecule has 1 unspecified atom stereocenters. The number of amides is 1. The van der Waals surface area contributed by atoms with Crippen LogP contribution in [0, 0.1) is 0 Å². The zero-order chi connectivity index (χ0) is 18.5. The summed E-state index contributed by atoms with van der Waals surface area (Å²) in [4.78, 5) is 27.5. The number of halogens is 1. The summed E-state index contributed by atoms with van der Waals surface area (Å²) in [6, 6.07) is 20.7. The first-order valence-electron chi connectivity index (χ1n) is 8.37. The van der Waals surface area contributed by atoms with Gasteiger partial charge in [0.2, 0.25) is 0 Å². The van der Waals surface area contributed by atoms with Crippen LogP contribution in [0.25, 0.3) is 11.3 Å².